The summed E-state index contributed by atoms with van der Waals surface area (Å²) in [7, 11) is 0. The number of hydrogen-bond acceptors (Lipinski definition) is 3. The van der Waals surface area contributed by atoms with E-state index in [9.17, 15) is 15.3 Å². The van der Waals surface area contributed by atoms with Crippen LogP contribution in [0.3, 0.4) is 0 Å². The van der Waals surface area contributed by atoms with Crippen LogP contribution in [0.2, 0.25) is 0 Å². The summed E-state index contributed by atoms with van der Waals surface area (Å²) >= 11 is 0. The Morgan fingerprint density at radius 1 is 1.05 bits per heavy atom. The molecule has 4 aliphatic carbocycles. The molecule has 124 valence electrons. The van der Waals surface area contributed by atoms with Crippen molar-refractivity contribution in [3.63, 3.8) is 0 Å². The summed E-state index contributed by atoms with van der Waals surface area (Å²) in [6.45, 7) is 2.53. The Kier molecular flexibility index (Phi) is 3.49. The number of hydrogen-bond donors (Lipinski definition) is 3. The zero-order chi connectivity index (χ0) is 15.5. The van der Waals surface area contributed by atoms with Crippen molar-refractivity contribution in [2.45, 2.75) is 70.5 Å². The Hall–Kier alpha value is -0.380. The van der Waals surface area contributed by atoms with Crippen molar-refractivity contribution >= 4 is 0 Å². The summed E-state index contributed by atoms with van der Waals surface area (Å²) in [5.41, 5.74) is 1.36. The normalized spacial score (nSPS) is 54.2. The van der Waals surface area contributed by atoms with E-state index in [1.807, 2.05) is 6.08 Å². The summed E-state index contributed by atoms with van der Waals surface area (Å²) in [5.74, 6) is 1.82. The lowest BCUT2D eigenvalue weighted by Crippen LogP contribution is -2.53. The fourth-order valence-corrected chi connectivity index (χ4v) is 6.77. The number of aliphatic hydroxyl groups is 3. The predicted octanol–water partition coefficient (Wildman–Crippen LogP) is 2.64. The average Bonchev–Trinajstić information content (AvgIpc) is 2.82. The van der Waals surface area contributed by atoms with E-state index in [1.54, 1.807) is 0 Å². The van der Waals surface area contributed by atoms with Crippen molar-refractivity contribution < 1.29 is 15.3 Å². The number of rotatable bonds is 1. The van der Waals surface area contributed by atoms with Gasteiger partial charge in [0.15, 0.2) is 0 Å². The quantitative estimate of drug-likeness (QED) is 0.653. The first-order valence-corrected chi connectivity index (χ1v) is 9.19. The van der Waals surface area contributed by atoms with Gasteiger partial charge in [-0.25, -0.2) is 0 Å². The van der Waals surface area contributed by atoms with E-state index in [4.69, 9.17) is 0 Å². The van der Waals surface area contributed by atoms with Crippen molar-refractivity contribution in [1.82, 2.24) is 0 Å². The monoisotopic (exact) mass is 306 g/mol. The van der Waals surface area contributed by atoms with Crippen molar-refractivity contribution in [1.29, 1.82) is 0 Å². The molecule has 3 heteroatoms. The van der Waals surface area contributed by atoms with Gasteiger partial charge in [-0.15, -0.1) is 0 Å². The molecule has 0 aromatic carbocycles. The highest BCUT2D eigenvalue weighted by atomic mass is 16.3. The van der Waals surface area contributed by atoms with Crippen LogP contribution < -0.4 is 0 Å². The lowest BCUT2D eigenvalue weighted by atomic mass is 9.47. The molecule has 4 aliphatic rings. The van der Waals surface area contributed by atoms with Gasteiger partial charge >= 0.3 is 0 Å². The van der Waals surface area contributed by atoms with E-state index in [-0.39, 0.29) is 29.6 Å². The van der Waals surface area contributed by atoms with Crippen LogP contribution in [0.4, 0.5) is 0 Å². The Morgan fingerprint density at radius 2 is 1.86 bits per heavy atom. The molecule has 0 radical (unpaired) electrons. The molecule has 0 aliphatic heterocycles. The van der Waals surface area contributed by atoms with Gasteiger partial charge in [0.25, 0.3) is 0 Å². The highest BCUT2D eigenvalue weighted by Gasteiger charge is 2.59. The predicted molar refractivity (Wildman–Crippen MR) is 85.1 cm³/mol. The Labute approximate surface area is 133 Å². The molecule has 0 saturated heterocycles. The van der Waals surface area contributed by atoms with Crippen LogP contribution >= 0.6 is 0 Å². The first-order chi connectivity index (χ1) is 10.5. The molecular formula is C19H30O3. The molecule has 3 saturated carbocycles. The maximum absolute atomic E-state index is 10.5. The Morgan fingerprint density at radius 3 is 2.64 bits per heavy atom. The van der Waals surface area contributed by atoms with Gasteiger partial charge in [0.2, 0.25) is 0 Å². The minimum absolute atomic E-state index is 0.0724. The molecule has 3 fully saturated rings. The first kappa shape index (κ1) is 15.2. The second-order valence-corrected chi connectivity index (χ2v) is 8.67. The van der Waals surface area contributed by atoms with Gasteiger partial charge in [-0.05, 0) is 74.5 Å². The molecule has 7 atom stereocenters. The maximum atomic E-state index is 10.5. The molecule has 3 N–H and O–H groups in total. The molecule has 22 heavy (non-hydrogen) atoms. The summed E-state index contributed by atoms with van der Waals surface area (Å²) in [6.07, 6.45) is 9.87. The van der Waals surface area contributed by atoms with Crippen LogP contribution in [-0.2, 0) is 0 Å². The maximum Gasteiger partial charge on any atom is 0.0724 e. The second-order valence-electron chi connectivity index (χ2n) is 8.67. The van der Waals surface area contributed by atoms with Gasteiger partial charge in [-0.2, -0.15) is 0 Å². The van der Waals surface area contributed by atoms with Gasteiger partial charge in [-0.3, -0.25) is 0 Å². The van der Waals surface area contributed by atoms with Gasteiger partial charge in [0.05, 0.1) is 18.8 Å². The van der Waals surface area contributed by atoms with E-state index in [1.165, 1.54) is 12.0 Å². The molecule has 2 unspecified atom stereocenters. The fourth-order valence-electron chi connectivity index (χ4n) is 6.77. The van der Waals surface area contributed by atoms with Crippen LogP contribution in [0.15, 0.2) is 11.6 Å². The van der Waals surface area contributed by atoms with E-state index >= 15 is 0 Å². The zero-order valence-electron chi connectivity index (χ0n) is 13.7. The van der Waals surface area contributed by atoms with Gasteiger partial charge in [0, 0.05) is 5.41 Å². The molecule has 0 aromatic heterocycles. The van der Waals surface area contributed by atoms with E-state index in [0.717, 1.165) is 44.9 Å². The molecular weight excluding hydrogens is 276 g/mol. The minimum Gasteiger partial charge on any atom is -0.395 e. The molecule has 0 amide bonds. The van der Waals surface area contributed by atoms with Gasteiger partial charge in [-0.1, -0.05) is 18.6 Å². The molecule has 0 aromatic rings. The summed E-state index contributed by atoms with van der Waals surface area (Å²) in [4.78, 5) is 0. The lowest BCUT2D eigenvalue weighted by molar-refractivity contribution is -0.0933. The van der Waals surface area contributed by atoms with Crippen LogP contribution in [0, 0.1) is 28.6 Å². The third kappa shape index (κ3) is 1.85. The molecule has 3 nitrogen and oxygen atoms in total. The first-order valence-electron chi connectivity index (χ1n) is 9.19. The van der Waals surface area contributed by atoms with Crippen molar-refractivity contribution in [2.75, 3.05) is 6.61 Å². The standard InChI is InChI=1S/C19H30O3/c1-18-8-7-16-14(15(18)4-5-17(18)22)3-2-12-10-13(21)6-9-19(12,16)11-20/h10,13-17,20-22H,2-9,11H2,1H3/t13?,14-,15-,16+,17?,18-,19+/m0/s1. The van der Waals surface area contributed by atoms with Crippen molar-refractivity contribution in [2.24, 2.45) is 28.6 Å². The third-order valence-corrected chi connectivity index (χ3v) is 8.05. The number of fused-ring (bicyclic) bond motifs is 5. The Bertz CT molecular complexity index is 487. The largest absolute Gasteiger partial charge is 0.395 e. The van der Waals surface area contributed by atoms with Crippen LogP contribution in [0.1, 0.15) is 58.3 Å². The Balaban J connectivity index is 1.70. The zero-order valence-corrected chi connectivity index (χ0v) is 13.7. The topological polar surface area (TPSA) is 60.7 Å². The van der Waals surface area contributed by atoms with Crippen LogP contribution in [-0.4, -0.2) is 34.1 Å². The van der Waals surface area contributed by atoms with Crippen molar-refractivity contribution in [3.05, 3.63) is 11.6 Å². The highest BCUT2D eigenvalue weighted by molar-refractivity contribution is 5.26. The number of aliphatic hydroxyl groups excluding tert-OH is 3. The smallest absolute Gasteiger partial charge is 0.0724 e. The van der Waals surface area contributed by atoms with E-state index in [0.29, 0.717) is 17.8 Å². The summed E-state index contributed by atoms with van der Waals surface area (Å²) in [6, 6.07) is 0. The van der Waals surface area contributed by atoms with E-state index < -0.39 is 0 Å². The molecule has 0 bridgehead atoms. The molecule has 0 spiro atoms. The minimum atomic E-state index is -0.312. The molecule has 0 heterocycles. The summed E-state index contributed by atoms with van der Waals surface area (Å²) in [5, 5.41) is 30.7. The lowest BCUT2D eigenvalue weighted by Gasteiger charge is -2.58. The van der Waals surface area contributed by atoms with Crippen LogP contribution in [0.25, 0.3) is 0 Å². The average molecular weight is 306 g/mol. The van der Waals surface area contributed by atoms with Gasteiger partial charge in [0.1, 0.15) is 0 Å². The van der Waals surface area contributed by atoms with Gasteiger partial charge < -0.3 is 15.3 Å². The van der Waals surface area contributed by atoms with Crippen molar-refractivity contribution in [3.8, 4) is 0 Å². The third-order valence-electron chi connectivity index (χ3n) is 8.05. The SMILES string of the molecule is C[C@]12CC[C@@H]3[C@@H](CCC4=CC(O)CC[C@@]43CO)[C@@H]1CCC2O. The van der Waals surface area contributed by atoms with Crippen LogP contribution in [0.5, 0.6) is 0 Å². The molecule has 4 rings (SSSR count). The fraction of sp³-hybridized carbons (Fsp3) is 0.895. The summed E-state index contributed by atoms with van der Waals surface area (Å²) < 4.78 is 0. The van der Waals surface area contributed by atoms with E-state index in [2.05, 4.69) is 6.92 Å². The highest BCUT2D eigenvalue weighted by Crippen LogP contribution is 2.65. The second kappa shape index (κ2) is 5.06.